The van der Waals surface area contributed by atoms with Crippen LogP contribution in [0.5, 0.6) is 0 Å². The minimum absolute atomic E-state index is 0.135. The predicted octanol–water partition coefficient (Wildman–Crippen LogP) is 2.22. The Morgan fingerprint density at radius 3 is 2.80 bits per heavy atom. The highest BCUT2D eigenvalue weighted by Crippen LogP contribution is 2.32. The first-order valence-corrected chi connectivity index (χ1v) is 9.81. The lowest BCUT2D eigenvalue weighted by Crippen LogP contribution is -2.32. The van der Waals surface area contributed by atoms with Gasteiger partial charge in [-0.2, -0.15) is 0 Å². The molecule has 0 bridgehead atoms. The highest BCUT2D eigenvalue weighted by molar-refractivity contribution is 7.89. The molecule has 0 spiro atoms. The van der Waals surface area contributed by atoms with Crippen LogP contribution in [0.2, 0.25) is 0 Å². The molecule has 1 aliphatic carbocycles. The van der Waals surface area contributed by atoms with Crippen LogP contribution in [-0.4, -0.2) is 27.3 Å². The normalized spacial score (nSPS) is 16.9. The number of thiophene rings is 1. The quantitative estimate of drug-likeness (QED) is 0.811. The van der Waals surface area contributed by atoms with E-state index in [1.54, 1.807) is 6.92 Å². The van der Waals surface area contributed by atoms with Gasteiger partial charge in [0.05, 0.1) is 5.75 Å². The van der Waals surface area contributed by atoms with E-state index in [1.165, 1.54) is 41.0 Å². The molecule has 1 aromatic rings. The predicted molar refractivity (Wildman–Crippen MR) is 84.8 cm³/mol. The zero-order valence-corrected chi connectivity index (χ0v) is 13.9. The van der Waals surface area contributed by atoms with E-state index < -0.39 is 10.0 Å². The first kappa shape index (κ1) is 15.9. The van der Waals surface area contributed by atoms with Crippen molar-refractivity contribution >= 4 is 21.4 Å². The second-order valence-corrected chi connectivity index (χ2v) is 8.39. The fourth-order valence-corrected chi connectivity index (χ4v) is 4.78. The Labute approximate surface area is 126 Å². The molecule has 1 aromatic heterocycles. The fourth-order valence-electron chi connectivity index (χ4n) is 2.53. The Morgan fingerprint density at radius 2 is 2.10 bits per heavy atom. The van der Waals surface area contributed by atoms with E-state index in [9.17, 15) is 8.42 Å². The van der Waals surface area contributed by atoms with Crippen LogP contribution in [0.1, 0.15) is 48.0 Å². The molecule has 1 heterocycles. The van der Waals surface area contributed by atoms with Gasteiger partial charge in [-0.25, -0.2) is 13.1 Å². The molecule has 20 heavy (non-hydrogen) atoms. The van der Waals surface area contributed by atoms with Crippen molar-refractivity contribution in [2.45, 2.75) is 45.6 Å². The molecule has 1 unspecified atom stereocenters. The van der Waals surface area contributed by atoms with Crippen molar-refractivity contribution < 1.29 is 8.42 Å². The molecule has 0 saturated heterocycles. The monoisotopic (exact) mass is 316 g/mol. The van der Waals surface area contributed by atoms with Gasteiger partial charge in [0.2, 0.25) is 10.0 Å². The summed E-state index contributed by atoms with van der Waals surface area (Å²) in [7, 11) is -3.12. The Hall–Kier alpha value is -0.430. The van der Waals surface area contributed by atoms with Gasteiger partial charge in [0, 0.05) is 28.9 Å². The Bertz CT molecular complexity index is 514. The van der Waals surface area contributed by atoms with Crippen molar-refractivity contribution in [1.29, 1.82) is 0 Å². The molecule has 2 N–H and O–H groups in total. The van der Waals surface area contributed by atoms with Gasteiger partial charge >= 0.3 is 0 Å². The summed E-state index contributed by atoms with van der Waals surface area (Å²) >= 11 is 1.88. The van der Waals surface area contributed by atoms with Gasteiger partial charge in [-0.1, -0.05) is 6.92 Å². The third kappa shape index (κ3) is 4.28. The molecule has 1 aliphatic rings. The van der Waals surface area contributed by atoms with Crippen LogP contribution in [-0.2, 0) is 22.9 Å². The first-order chi connectivity index (χ1) is 9.52. The Morgan fingerprint density at radius 1 is 1.35 bits per heavy atom. The van der Waals surface area contributed by atoms with Gasteiger partial charge in [0.25, 0.3) is 0 Å². The number of nitrogens with one attached hydrogen (secondary N) is 2. The van der Waals surface area contributed by atoms with Crippen molar-refractivity contribution in [3.8, 4) is 0 Å². The van der Waals surface area contributed by atoms with Crippen LogP contribution < -0.4 is 10.0 Å². The van der Waals surface area contributed by atoms with Gasteiger partial charge in [-0.05, 0) is 44.2 Å². The molecule has 0 saturated carbocycles. The average Bonchev–Trinajstić information content (AvgIpc) is 2.82. The van der Waals surface area contributed by atoms with E-state index >= 15 is 0 Å². The summed E-state index contributed by atoms with van der Waals surface area (Å²) in [6, 6.07) is 2.53. The van der Waals surface area contributed by atoms with E-state index in [-0.39, 0.29) is 11.8 Å². The van der Waals surface area contributed by atoms with Crippen molar-refractivity contribution in [2.75, 3.05) is 18.8 Å². The van der Waals surface area contributed by atoms with Gasteiger partial charge < -0.3 is 5.32 Å². The molecule has 114 valence electrons. The third-order valence-electron chi connectivity index (χ3n) is 3.63. The number of hydrogen-bond donors (Lipinski definition) is 2. The highest BCUT2D eigenvalue weighted by Gasteiger charge is 2.17. The maximum absolute atomic E-state index is 11.6. The number of hydrogen-bond acceptors (Lipinski definition) is 4. The van der Waals surface area contributed by atoms with Gasteiger partial charge in [-0.15, -0.1) is 11.3 Å². The van der Waals surface area contributed by atoms with E-state index in [0.29, 0.717) is 13.1 Å². The molecule has 0 aliphatic heterocycles. The summed E-state index contributed by atoms with van der Waals surface area (Å²) in [6.45, 7) is 4.84. The molecule has 1 atom stereocenters. The lowest BCUT2D eigenvalue weighted by molar-refractivity contribution is 0.566. The maximum atomic E-state index is 11.6. The SMILES string of the molecule is CCNS(=O)(=O)CCNC(C)c1cc2c(s1)CCCC2. The molecule has 6 heteroatoms. The maximum Gasteiger partial charge on any atom is 0.212 e. The summed E-state index contributed by atoms with van der Waals surface area (Å²) in [5, 5.41) is 3.31. The minimum atomic E-state index is -3.12. The average molecular weight is 316 g/mol. The fraction of sp³-hybridized carbons (Fsp3) is 0.714. The zero-order valence-electron chi connectivity index (χ0n) is 12.2. The topological polar surface area (TPSA) is 58.2 Å². The van der Waals surface area contributed by atoms with E-state index in [4.69, 9.17) is 0 Å². The van der Waals surface area contributed by atoms with Crippen molar-refractivity contribution in [3.63, 3.8) is 0 Å². The molecule has 2 rings (SSSR count). The van der Waals surface area contributed by atoms with Crippen molar-refractivity contribution in [3.05, 3.63) is 21.4 Å². The Kier molecular flexibility index (Phi) is 5.60. The summed E-state index contributed by atoms with van der Waals surface area (Å²) < 4.78 is 25.6. The van der Waals surface area contributed by atoms with Crippen LogP contribution in [0, 0.1) is 0 Å². The van der Waals surface area contributed by atoms with Crippen molar-refractivity contribution in [1.82, 2.24) is 10.0 Å². The second kappa shape index (κ2) is 7.02. The van der Waals surface area contributed by atoms with Crippen molar-refractivity contribution in [2.24, 2.45) is 0 Å². The largest absolute Gasteiger partial charge is 0.308 e. The van der Waals surface area contributed by atoms with E-state index in [2.05, 4.69) is 23.0 Å². The standard InChI is InChI=1S/C14H24N2O2S2/c1-3-16-20(17,18)9-8-15-11(2)14-10-12-6-4-5-7-13(12)19-14/h10-11,15-16H,3-9H2,1-2H3. The Balaban J connectivity index is 1.86. The lowest BCUT2D eigenvalue weighted by atomic mass is 9.99. The van der Waals surface area contributed by atoms with Crippen LogP contribution in [0.25, 0.3) is 0 Å². The van der Waals surface area contributed by atoms with Gasteiger partial charge in [-0.3, -0.25) is 0 Å². The zero-order chi connectivity index (χ0) is 14.6. The molecule has 0 radical (unpaired) electrons. The third-order valence-corrected chi connectivity index (χ3v) is 6.52. The lowest BCUT2D eigenvalue weighted by Gasteiger charge is -2.12. The number of aryl methyl sites for hydroxylation is 2. The van der Waals surface area contributed by atoms with Crippen LogP contribution >= 0.6 is 11.3 Å². The highest BCUT2D eigenvalue weighted by atomic mass is 32.2. The summed E-state index contributed by atoms with van der Waals surface area (Å²) in [5.41, 5.74) is 1.50. The minimum Gasteiger partial charge on any atom is -0.308 e. The number of sulfonamides is 1. The summed E-state index contributed by atoms with van der Waals surface area (Å²) in [4.78, 5) is 2.86. The summed E-state index contributed by atoms with van der Waals surface area (Å²) in [6.07, 6.45) is 5.01. The molecule has 0 amide bonds. The van der Waals surface area contributed by atoms with Gasteiger partial charge in [0.15, 0.2) is 0 Å². The molecular weight excluding hydrogens is 292 g/mol. The second-order valence-electron chi connectivity index (χ2n) is 5.30. The van der Waals surface area contributed by atoms with Crippen LogP contribution in [0.15, 0.2) is 6.07 Å². The molecule has 4 nitrogen and oxygen atoms in total. The van der Waals surface area contributed by atoms with Crippen LogP contribution in [0.4, 0.5) is 0 Å². The smallest absolute Gasteiger partial charge is 0.212 e. The number of fused-ring (bicyclic) bond motifs is 1. The first-order valence-electron chi connectivity index (χ1n) is 7.34. The van der Waals surface area contributed by atoms with Gasteiger partial charge in [0.1, 0.15) is 0 Å². The van der Waals surface area contributed by atoms with E-state index in [0.717, 1.165) is 0 Å². The van der Waals surface area contributed by atoms with Crippen LogP contribution in [0.3, 0.4) is 0 Å². The number of rotatable bonds is 7. The van der Waals surface area contributed by atoms with E-state index in [1.807, 2.05) is 11.3 Å². The molecular formula is C14H24N2O2S2. The molecule has 0 fully saturated rings. The summed E-state index contributed by atoms with van der Waals surface area (Å²) in [5.74, 6) is 0.135. The molecule has 0 aromatic carbocycles.